The second-order valence-electron chi connectivity index (χ2n) is 0.774. The van der Waals surface area contributed by atoms with Crippen LogP contribution in [0.2, 0.25) is 0 Å². The van der Waals surface area contributed by atoms with Crippen LogP contribution in [0.5, 0.6) is 0 Å². The summed E-state index contributed by atoms with van der Waals surface area (Å²) in [5, 5.41) is 15.6. The van der Waals surface area contributed by atoms with Gasteiger partial charge in [-0.25, -0.2) is 0 Å². The van der Waals surface area contributed by atoms with Gasteiger partial charge >= 0.3 is 0 Å². The summed E-state index contributed by atoms with van der Waals surface area (Å²) in [4.78, 5) is 3.12. The van der Waals surface area contributed by atoms with Crippen molar-refractivity contribution in [1.82, 2.24) is 0 Å². The maximum absolute atomic E-state index is 7.84. The molecule has 0 aromatic rings. The van der Waals surface area contributed by atoms with E-state index in [9.17, 15) is 0 Å². The Hall–Kier alpha value is -1.35. The third kappa shape index (κ3) is 4.65. The highest BCUT2D eigenvalue weighted by Crippen LogP contribution is 1.64. The molecule has 34 valence electrons. The van der Waals surface area contributed by atoms with Gasteiger partial charge in [0.25, 0.3) is 0 Å². The van der Waals surface area contributed by atoms with Crippen LogP contribution in [-0.4, -0.2) is 6.21 Å². The fourth-order valence-corrected chi connectivity index (χ4v) is 0.127. The highest BCUT2D eigenvalue weighted by molar-refractivity contribution is 5.61. The fourth-order valence-electron chi connectivity index (χ4n) is 0.127. The zero-order valence-electron chi connectivity index (χ0n) is 3.63. The van der Waals surface area contributed by atoms with Crippen LogP contribution in [0.4, 0.5) is 0 Å². The Labute approximate surface area is 41.5 Å². The van der Waals surface area contributed by atoms with E-state index in [4.69, 9.17) is 10.5 Å². The summed E-state index contributed by atoms with van der Waals surface area (Å²) >= 11 is 0. The largest absolute Gasteiger partial charge is 0.205 e. The summed E-state index contributed by atoms with van der Waals surface area (Å²) in [5.74, 6) is 0. The fraction of sp³-hybridized carbons (Fsp3) is 0.250. The molecule has 3 heteroatoms. The number of nitriles is 2. The normalized spacial score (nSPS) is 7.71. The van der Waals surface area contributed by atoms with Crippen molar-refractivity contribution >= 4 is 6.21 Å². The standard InChI is InChI=1S/C4H3N3/c5-2-1-3-7-4-6/h3H,1H2/b7-3-. The highest BCUT2D eigenvalue weighted by atomic mass is 14.7. The lowest BCUT2D eigenvalue weighted by Crippen LogP contribution is -1.64. The lowest BCUT2D eigenvalue weighted by molar-refractivity contribution is 1.39. The van der Waals surface area contributed by atoms with Gasteiger partial charge in [0.1, 0.15) is 0 Å². The maximum atomic E-state index is 7.84. The van der Waals surface area contributed by atoms with Crippen molar-refractivity contribution < 1.29 is 0 Å². The first-order chi connectivity index (χ1) is 3.41. The smallest absolute Gasteiger partial charge is 0.198 e. The first-order valence-corrected chi connectivity index (χ1v) is 1.69. The van der Waals surface area contributed by atoms with Crippen LogP contribution in [0.25, 0.3) is 0 Å². The van der Waals surface area contributed by atoms with Gasteiger partial charge in [-0.15, -0.1) is 0 Å². The van der Waals surface area contributed by atoms with Gasteiger partial charge in [-0.3, -0.25) is 0 Å². The molecule has 0 saturated carbocycles. The molecule has 0 heterocycles. The van der Waals surface area contributed by atoms with Gasteiger partial charge in [0.15, 0.2) is 0 Å². The van der Waals surface area contributed by atoms with E-state index in [1.54, 1.807) is 6.07 Å². The lowest BCUT2D eigenvalue weighted by Gasteiger charge is -1.61. The molecule has 0 aromatic heterocycles. The van der Waals surface area contributed by atoms with E-state index in [0.717, 1.165) is 0 Å². The van der Waals surface area contributed by atoms with Gasteiger partial charge in [0, 0.05) is 6.21 Å². The quantitative estimate of drug-likeness (QED) is 0.349. The molecule has 7 heavy (non-hydrogen) atoms. The summed E-state index contributed by atoms with van der Waals surface area (Å²) in [6.45, 7) is 0. The Kier molecular flexibility index (Phi) is 3.75. The molecule has 0 N–H and O–H groups in total. The van der Waals surface area contributed by atoms with E-state index in [1.165, 1.54) is 12.4 Å². The number of aliphatic imine (C=N–C) groups is 1. The number of hydrogen-bond donors (Lipinski definition) is 0. The first-order valence-electron chi connectivity index (χ1n) is 1.69. The molecule has 0 aliphatic rings. The van der Waals surface area contributed by atoms with Crippen molar-refractivity contribution in [1.29, 1.82) is 10.5 Å². The molecule has 0 radical (unpaired) electrons. The molecule has 0 spiro atoms. The van der Waals surface area contributed by atoms with Crippen LogP contribution in [-0.2, 0) is 0 Å². The molecule has 3 nitrogen and oxygen atoms in total. The van der Waals surface area contributed by atoms with Crippen LogP contribution < -0.4 is 0 Å². The van der Waals surface area contributed by atoms with Crippen molar-refractivity contribution in [2.75, 3.05) is 0 Å². The van der Waals surface area contributed by atoms with E-state index < -0.39 is 0 Å². The minimum atomic E-state index is 0.216. The molecule has 0 amide bonds. The summed E-state index contributed by atoms with van der Waals surface area (Å²) in [5.41, 5.74) is 0. The Balaban J connectivity index is 3.19. The first kappa shape index (κ1) is 5.65. The highest BCUT2D eigenvalue weighted by Gasteiger charge is 1.66. The van der Waals surface area contributed by atoms with Crippen LogP contribution in [0, 0.1) is 22.8 Å². The zero-order chi connectivity index (χ0) is 5.54. The molecule has 0 rings (SSSR count). The van der Waals surface area contributed by atoms with Crippen LogP contribution >= 0.6 is 0 Å². The third-order valence-corrected chi connectivity index (χ3v) is 0.332. The second-order valence-corrected chi connectivity index (χ2v) is 0.774. The molecule has 0 saturated heterocycles. The monoisotopic (exact) mass is 93.0 g/mol. The average molecular weight is 93.1 g/mol. The Bertz CT molecular complexity index is 134. The molecule has 0 bridgehead atoms. The van der Waals surface area contributed by atoms with Crippen LogP contribution in [0.3, 0.4) is 0 Å². The van der Waals surface area contributed by atoms with E-state index in [-0.39, 0.29) is 6.42 Å². The van der Waals surface area contributed by atoms with Gasteiger partial charge < -0.3 is 0 Å². The molecular weight excluding hydrogens is 90.1 g/mol. The second kappa shape index (κ2) is 4.65. The van der Waals surface area contributed by atoms with E-state index in [1.807, 2.05) is 0 Å². The van der Waals surface area contributed by atoms with Crippen molar-refractivity contribution in [2.45, 2.75) is 6.42 Å². The lowest BCUT2D eigenvalue weighted by atomic mass is 10.5. The molecule has 0 atom stereocenters. The topological polar surface area (TPSA) is 59.9 Å². The summed E-state index contributed by atoms with van der Waals surface area (Å²) in [6, 6.07) is 1.80. The maximum Gasteiger partial charge on any atom is 0.205 e. The Morgan fingerprint density at radius 1 is 1.57 bits per heavy atom. The van der Waals surface area contributed by atoms with Crippen LogP contribution in [0.15, 0.2) is 4.99 Å². The van der Waals surface area contributed by atoms with Gasteiger partial charge in [0.2, 0.25) is 6.19 Å². The number of nitrogens with zero attached hydrogens (tertiary/aromatic N) is 3. The van der Waals surface area contributed by atoms with E-state index in [2.05, 4.69) is 4.99 Å². The Morgan fingerprint density at radius 2 is 2.29 bits per heavy atom. The molecule has 0 fully saturated rings. The van der Waals surface area contributed by atoms with E-state index >= 15 is 0 Å². The Morgan fingerprint density at radius 3 is 2.71 bits per heavy atom. The van der Waals surface area contributed by atoms with Crippen LogP contribution in [0.1, 0.15) is 6.42 Å². The summed E-state index contributed by atoms with van der Waals surface area (Å²) < 4.78 is 0. The average Bonchev–Trinajstić information content (AvgIpc) is 1.69. The molecule has 0 unspecified atom stereocenters. The summed E-state index contributed by atoms with van der Waals surface area (Å²) in [7, 11) is 0. The van der Waals surface area contributed by atoms with Gasteiger partial charge in [-0.05, 0) is 0 Å². The minimum absolute atomic E-state index is 0.216. The minimum Gasteiger partial charge on any atom is -0.198 e. The van der Waals surface area contributed by atoms with Crippen molar-refractivity contribution in [2.24, 2.45) is 4.99 Å². The van der Waals surface area contributed by atoms with Gasteiger partial charge in [-0.2, -0.15) is 15.5 Å². The zero-order valence-corrected chi connectivity index (χ0v) is 3.63. The van der Waals surface area contributed by atoms with Crippen molar-refractivity contribution in [3.8, 4) is 12.3 Å². The molecular formula is C4H3N3. The predicted octanol–water partition coefficient (Wildman–Crippen LogP) is 0.452. The third-order valence-electron chi connectivity index (χ3n) is 0.332. The summed E-state index contributed by atoms with van der Waals surface area (Å²) in [6.07, 6.45) is 3.00. The van der Waals surface area contributed by atoms with Crippen molar-refractivity contribution in [3.63, 3.8) is 0 Å². The van der Waals surface area contributed by atoms with Gasteiger partial charge in [0.05, 0.1) is 12.5 Å². The number of rotatable bonds is 1. The van der Waals surface area contributed by atoms with E-state index in [0.29, 0.717) is 0 Å². The van der Waals surface area contributed by atoms with Gasteiger partial charge in [-0.1, -0.05) is 0 Å². The van der Waals surface area contributed by atoms with Crippen molar-refractivity contribution in [3.05, 3.63) is 0 Å². The molecule has 0 aromatic carbocycles. The SMILES string of the molecule is N#CC/C=N\C#N. The number of hydrogen-bond acceptors (Lipinski definition) is 3. The molecule has 0 aliphatic heterocycles. The predicted molar refractivity (Wildman–Crippen MR) is 24.3 cm³/mol. The molecule has 0 aliphatic carbocycles.